The molecule has 6 aliphatic rings. The summed E-state index contributed by atoms with van der Waals surface area (Å²) in [5, 5.41) is 35.8. The van der Waals surface area contributed by atoms with Crippen molar-refractivity contribution in [3.05, 3.63) is 0 Å². The van der Waals surface area contributed by atoms with E-state index in [2.05, 4.69) is 290 Å². The largest absolute Gasteiger partial charge is 0.354 e. The molecule has 0 aliphatic carbocycles. The van der Waals surface area contributed by atoms with Crippen molar-refractivity contribution in [1.82, 2.24) is 82.1 Å². The number of unbranched alkanes of at least 4 members (excludes halogenated alkanes) is 6. The highest BCUT2D eigenvalue weighted by Gasteiger charge is 2.48. The zero-order chi connectivity index (χ0) is 88.3. The van der Waals surface area contributed by atoms with Crippen LogP contribution in [0.1, 0.15) is 375 Å². The van der Waals surface area contributed by atoms with E-state index in [-0.39, 0.29) is 103 Å². The standard InChI is InChI=1S/C95H181N25/c1-31-37-50-115(69-57-84(7,8)108-85(9,10)58-69)78-99-75(100-79(105-78)116(51-38-32-2)70-59-86(11,12)109-87(13,14)60-70)97-46-43-45-96-48-56-114(77-103-82(119(54-41-35-5)73-65-92(23,24)112-93(25,26)66-73)107-83(104-77)120(55-42-36-6)74-67-94(27,28)113-95(29,30)68-74)49-44-47-98-76-101-80(117(52-39-33-3)71-61-88(15,16)110-89(17,18)62-71)106-81(102-76)118(53-40-34-4)72-63-90(19,20)111-91(21,22)64-72/h69-74,96,108-113H,31-68H2,1-30H3,(H,97,99,100,105)(H,98,101,102,106). The quantitative estimate of drug-likeness (QED) is 0.0239. The van der Waals surface area contributed by atoms with E-state index >= 15 is 0 Å². The normalized spacial score (nSPS) is 22.5. The van der Waals surface area contributed by atoms with Gasteiger partial charge in [-0.3, -0.25) is 0 Å². The minimum absolute atomic E-state index is 0.0508. The van der Waals surface area contributed by atoms with Gasteiger partial charge in [-0.25, -0.2) is 0 Å². The number of nitrogens with zero attached hydrogens (tertiary/aromatic N) is 16. The lowest BCUT2D eigenvalue weighted by Crippen LogP contribution is -2.63. The van der Waals surface area contributed by atoms with Crippen molar-refractivity contribution in [3.8, 4) is 0 Å². The van der Waals surface area contributed by atoms with Crippen LogP contribution in [0.5, 0.6) is 0 Å². The number of hydrogen-bond acceptors (Lipinski definition) is 25. The van der Waals surface area contributed by atoms with E-state index < -0.39 is 0 Å². The highest BCUT2D eigenvalue weighted by Crippen LogP contribution is 2.43. The minimum atomic E-state index is -0.0920. The van der Waals surface area contributed by atoms with Gasteiger partial charge in [-0.2, -0.15) is 44.9 Å². The number of anilines is 9. The van der Waals surface area contributed by atoms with Crippen LogP contribution in [-0.2, 0) is 0 Å². The maximum Gasteiger partial charge on any atom is 0.232 e. The Kier molecular flexibility index (Phi) is 33.5. The van der Waals surface area contributed by atoms with Crippen LogP contribution >= 0.6 is 0 Å². The average Bonchev–Trinajstić information content (AvgIpc) is 0.776. The predicted octanol–water partition coefficient (Wildman–Crippen LogP) is 17.1. The molecule has 0 amide bonds. The molecule has 9 heterocycles. The predicted molar refractivity (Wildman–Crippen MR) is 510 cm³/mol. The molecule has 0 radical (unpaired) electrons. The van der Waals surface area contributed by atoms with Crippen LogP contribution in [0.15, 0.2) is 0 Å². The lowest BCUT2D eigenvalue weighted by Gasteiger charge is -2.50. The molecule has 9 rings (SSSR count). The van der Waals surface area contributed by atoms with Crippen molar-refractivity contribution in [1.29, 1.82) is 0 Å². The Morgan fingerprint density at radius 2 is 0.417 bits per heavy atom. The van der Waals surface area contributed by atoms with Gasteiger partial charge in [0.2, 0.25) is 53.5 Å². The second-order valence-corrected chi connectivity index (χ2v) is 46.1. The molecule has 6 aliphatic heterocycles. The van der Waals surface area contributed by atoms with Crippen LogP contribution in [0.2, 0.25) is 0 Å². The fourth-order valence-electron chi connectivity index (χ4n) is 23.2. The van der Waals surface area contributed by atoms with E-state index in [1.54, 1.807) is 0 Å². The zero-order valence-electron chi connectivity index (χ0n) is 82.5. The van der Waals surface area contributed by atoms with Crippen LogP contribution in [0.25, 0.3) is 0 Å². The van der Waals surface area contributed by atoms with E-state index in [1.165, 1.54) is 0 Å². The van der Waals surface area contributed by atoms with E-state index in [0.29, 0.717) is 38.1 Å². The Morgan fingerprint density at radius 1 is 0.225 bits per heavy atom. The fourth-order valence-corrected chi connectivity index (χ4v) is 23.2. The van der Waals surface area contributed by atoms with E-state index in [9.17, 15) is 0 Å². The van der Waals surface area contributed by atoms with Gasteiger partial charge in [0.05, 0.1) is 0 Å². The first-order valence-corrected chi connectivity index (χ1v) is 48.5. The van der Waals surface area contributed by atoms with Crippen LogP contribution in [0.3, 0.4) is 0 Å². The molecule has 9 N–H and O–H groups in total. The highest BCUT2D eigenvalue weighted by atomic mass is 15.4. The van der Waals surface area contributed by atoms with E-state index in [0.717, 1.165) is 261 Å². The molecule has 25 nitrogen and oxygen atoms in total. The Morgan fingerprint density at radius 3 is 0.625 bits per heavy atom. The molecule has 120 heavy (non-hydrogen) atoms. The molecular weight excluding hydrogens is 1490 g/mol. The van der Waals surface area contributed by atoms with Gasteiger partial charge in [0.25, 0.3) is 0 Å². The average molecular weight is 1670 g/mol. The third kappa shape index (κ3) is 29.3. The van der Waals surface area contributed by atoms with Gasteiger partial charge in [-0.15, -0.1) is 0 Å². The van der Waals surface area contributed by atoms with E-state index in [1.807, 2.05) is 0 Å². The fraction of sp³-hybridized carbons (Fsp3) is 0.905. The monoisotopic (exact) mass is 1670 g/mol. The summed E-state index contributed by atoms with van der Waals surface area (Å²) >= 11 is 0. The number of nitrogens with one attached hydrogen (secondary N) is 9. The van der Waals surface area contributed by atoms with Gasteiger partial charge in [0.1, 0.15) is 0 Å². The van der Waals surface area contributed by atoms with Crippen molar-refractivity contribution >= 4 is 53.5 Å². The van der Waals surface area contributed by atoms with Crippen LogP contribution in [0.4, 0.5) is 53.5 Å². The first-order chi connectivity index (χ1) is 55.9. The number of rotatable bonds is 44. The molecule has 6 saturated heterocycles. The topological polar surface area (TPSA) is 247 Å². The molecule has 6 fully saturated rings. The maximum absolute atomic E-state index is 5.85. The van der Waals surface area contributed by atoms with Gasteiger partial charge < -0.3 is 82.2 Å². The lowest BCUT2D eigenvalue weighted by molar-refractivity contribution is 0.156. The third-order valence-electron chi connectivity index (χ3n) is 26.1. The van der Waals surface area contributed by atoms with E-state index in [4.69, 9.17) is 44.9 Å². The molecule has 0 saturated carbocycles. The van der Waals surface area contributed by atoms with Crippen molar-refractivity contribution in [2.75, 3.05) is 123 Å². The Hall–Kier alpha value is -5.05. The van der Waals surface area contributed by atoms with Gasteiger partial charge >= 0.3 is 0 Å². The molecule has 0 spiro atoms. The molecular formula is C95H181N25. The first kappa shape index (κ1) is 98.7. The molecule has 0 bridgehead atoms. The summed E-state index contributed by atoms with van der Waals surface area (Å²) in [7, 11) is 0. The Bertz CT molecular complexity index is 3340. The number of hydrogen-bond donors (Lipinski definition) is 9. The molecule has 3 aromatic rings. The van der Waals surface area contributed by atoms with Crippen LogP contribution in [0, 0.1) is 0 Å². The van der Waals surface area contributed by atoms with Crippen molar-refractivity contribution in [2.45, 2.75) is 477 Å². The van der Waals surface area contributed by atoms with Crippen molar-refractivity contribution < 1.29 is 0 Å². The van der Waals surface area contributed by atoms with Gasteiger partial charge in [-0.1, -0.05) is 80.1 Å². The summed E-state index contributed by atoms with van der Waals surface area (Å²) in [6.07, 6.45) is 26.3. The van der Waals surface area contributed by atoms with Crippen LogP contribution in [-0.4, -0.2) is 226 Å². The second kappa shape index (κ2) is 40.7. The van der Waals surface area contributed by atoms with Gasteiger partial charge in [-0.05, 0) is 301 Å². The molecule has 25 heteroatoms. The Labute approximate surface area is 732 Å². The molecule has 0 unspecified atom stereocenters. The zero-order valence-corrected chi connectivity index (χ0v) is 82.5. The summed E-state index contributed by atoms with van der Waals surface area (Å²) in [6.45, 7) is 80.2. The van der Waals surface area contributed by atoms with Crippen molar-refractivity contribution in [2.24, 2.45) is 0 Å². The smallest absolute Gasteiger partial charge is 0.232 e. The number of aromatic nitrogens is 9. The summed E-state index contributed by atoms with van der Waals surface area (Å²) in [6, 6.07) is 1.42. The highest BCUT2D eigenvalue weighted by molar-refractivity contribution is 5.52. The minimum Gasteiger partial charge on any atom is -0.354 e. The molecule has 686 valence electrons. The van der Waals surface area contributed by atoms with Crippen molar-refractivity contribution in [3.63, 3.8) is 0 Å². The van der Waals surface area contributed by atoms with Gasteiger partial charge in [0.15, 0.2) is 0 Å². The first-order valence-electron chi connectivity index (χ1n) is 48.5. The van der Waals surface area contributed by atoms with Crippen LogP contribution < -0.4 is 82.2 Å². The summed E-state index contributed by atoms with van der Waals surface area (Å²) in [5.41, 5.74) is -0.849. The SMILES string of the molecule is CCCCN(c1nc(NCCCNCCN(CCCNc2nc(N(CCCC)C3CC(C)(C)NC(C)(C)C3)nc(N(CCCC)C3CC(C)(C)NC(C)(C)C3)n2)c2nc(N(CCCC)C3CC(C)(C)NC(C)(C)C3)nc(N(CCCC)C3CC(C)(C)NC(C)(C)C3)n2)nc(N(CCCC)C2CC(C)(C)NC(C)(C)C2)n1)C1CC(C)(C)NC(C)(C)C1. The van der Waals surface area contributed by atoms with Gasteiger partial charge in [0, 0.05) is 175 Å². The Balaban J connectivity index is 1.09. The maximum atomic E-state index is 5.85. The molecule has 0 aromatic carbocycles. The second-order valence-electron chi connectivity index (χ2n) is 46.1. The number of piperidine rings is 6. The summed E-state index contributed by atoms with van der Waals surface area (Å²) in [5.74, 6) is 6.78. The lowest BCUT2D eigenvalue weighted by atomic mass is 9.79. The molecule has 3 aromatic heterocycles. The summed E-state index contributed by atoms with van der Waals surface area (Å²) < 4.78 is 0. The molecule has 0 atom stereocenters. The third-order valence-corrected chi connectivity index (χ3v) is 26.1. The summed E-state index contributed by atoms with van der Waals surface area (Å²) in [4.78, 5) is 68.9.